The Kier molecular flexibility index (Phi) is 5.55. The van der Waals surface area contributed by atoms with E-state index in [1.165, 1.54) is 24.3 Å². The molecule has 0 saturated heterocycles. The molecule has 3 N–H and O–H groups in total. The zero-order valence-electron chi connectivity index (χ0n) is 10.4. The number of benzene rings is 1. The Bertz CT molecular complexity index is 588. The molecule has 1 rings (SSSR count). The van der Waals surface area contributed by atoms with E-state index < -0.39 is 10.0 Å². The van der Waals surface area contributed by atoms with Gasteiger partial charge in [0.05, 0.1) is 4.90 Å². The summed E-state index contributed by atoms with van der Waals surface area (Å²) in [5.41, 5.74) is 0.267. The van der Waals surface area contributed by atoms with Gasteiger partial charge in [0.15, 0.2) is 0 Å². The second kappa shape index (κ2) is 6.92. The maximum Gasteiger partial charge on any atom is 0.251 e. The number of terminal acetylenes is 1. The quantitative estimate of drug-likeness (QED) is 0.598. The minimum atomic E-state index is -3.79. The summed E-state index contributed by atoms with van der Waals surface area (Å²) >= 11 is 0. The lowest BCUT2D eigenvalue weighted by molar-refractivity contribution is 0.0953. The van der Waals surface area contributed by atoms with E-state index >= 15 is 0 Å². The minimum Gasteiger partial charge on any atom is -0.352 e. The molecule has 5 nitrogen and oxygen atoms in total. The van der Waals surface area contributed by atoms with Gasteiger partial charge < -0.3 is 5.32 Å². The highest BCUT2D eigenvalue weighted by Crippen LogP contribution is 2.09. The number of unbranched alkanes of at least 4 members (excludes halogenated alkanes) is 2. The van der Waals surface area contributed by atoms with Crippen molar-refractivity contribution in [2.75, 3.05) is 6.54 Å². The summed E-state index contributed by atoms with van der Waals surface area (Å²) in [6.45, 7) is 0.500. The van der Waals surface area contributed by atoms with E-state index in [0.717, 1.165) is 12.8 Å². The largest absolute Gasteiger partial charge is 0.352 e. The third kappa shape index (κ3) is 5.12. The number of sulfonamides is 1. The van der Waals surface area contributed by atoms with Crippen LogP contribution in [0.1, 0.15) is 29.6 Å². The first-order valence-electron chi connectivity index (χ1n) is 5.79. The van der Waals surface area contributed by atoms with E-state index in [1.54, 1.807) is 0 Å². The molecule has 1 amide bonds. The number of nitrogens with one attached hydrogen (secondary N) is 1. The molecular formula is C13H16N2O3S. The molecule has 1 aromatic carbocycles. The van der Waals surface area contributed by atoms with Gasteiger partial charge in [0, 0.05) is 18.5 Å². The fourth-order valence-electron chi connectivity index (χ4n) is 1.47. The summed E-state index contributed by atoms with van der Waals surface area (Å²) < 4.78 is 22.3. The molecule has 0 aliphatic rings. The first-order valence-corrected chi connectivity index (χ1v) is 7.34. The maximum atomic E-state index is 11.8. The van der Waals surface area contributed by atoms with Crippen molar-refractivity contribution in [3.63, 3.8) is 0 Å². The molecule has 0 bridgehead atoms. The number of primary sulfonamides is 1. The SMILES string of the molecule is C#CCCCCNC(=O)c1cccc(S(N)(=O)=O)c1. The van der Waals surface area contributed by atoms with Crippen molar-refractivity contribution in [3.05, 3.63) is 29.8 Å². The van der Waals surface area contributed by atoms with Crippen LogP contribution in [-0.4, -0.2) is 20.9 Å². The number of carbonyl (C=O) groups excluding carboxylic acids is 1. The topological polar surface area (TPSA) is 89.3 Å². The van der Waals surface area contributed by atoms with Crippen LogP contribution < -0.4 is 10.5 Å². The van der Waals surface area contributed by atoms with Gasteiger partial charge in [-0.25, -0.2) is 13.6 Å². The Balaban J connectivity index is 2.61. The second-order valence-corrected chi connectivity index (χ2v) is 5.55. The molecule has 102 valence electrons. The molecule has 0 aliphatic carbocycles. The Morgan fingerprint density at radius 2 is 2.11 bits per heavy atom. The molecule has 19 heavy (non-hydrogen) atoms. The van der Waals surface area contributed by atoms with Gasteiger partial charge in [-0.1, -0.05) is 6.07 Å². The lowest BCUT2D eigenvalue weighted by atomic mass is 10.2. The zero-order chi connectivity index (χ0) is 14.3. The van der Waals surface area contributed by atoms with Gasteiger partial charge in [-0.15, -0.1) is 12.3 Å². The standard InChI is InChI=1S/C13H16N2O3S/c1-2-3-4-5-9-15-13(16)11-7-6-8-12(10-11)19(14,17)18/h1,6-8,10H,3-5,9H2,(H,15,16)(H2,14,17,18). The molecule has 0 fully saturated rings. The maximum absolute atomic E-state index is 11.8. The predicted octanol–water partition coefficient (Wildman–Crippen LogP) is 0.867. The van der Waals surface area contributed by atoms with Gasteiger partial charge in [-0.3, -0.25) is 4.79 Å². The van der Waals surface area contributed by atoms with E-state index in [1.807, 2.05) is 0 Å². The number of hydrogen-bond acceptors (Lipinski definition) is 3. The third-order valence-corrected chi connectivity index (χ3v) is 3.37. The van der Waals surface area contributed by atoms with Gasteiger partial charge in [0.1, 0.15) is 0 Å². The second-order valence-electron chi connectivity index (χ2n) is 3.99. The molecule has 0 atom stereocenters. The van der Waals surface area contributed by atoms with Crippen molar-refractivity contribution in [1.82, 2.24) is 5.32 Å². The van der Waals surface area contributed by atoms with Gasteiger partial charge in [-0.05, 0) is 31.0 Å². The Morgan fingerprint density at radius 1 is 1.37 bits per heavy atom. The molecule has 0 unspecified atom stereocenters. The molecule has 0 aliphatic heterocycles. The summed E-state index contributed by atoms with van der Waals surface area (Å²) in [7, 11) is -3.79. The highest BCUT2D eigenvalue weighted by molar-refractivity contribution is 7.89. The molecular weight excluding hydrogens is 264 g/mol. The van der Waals surface area contributed by atoms with Crippen LogP contribution in [0.4, 0.5) is 0 Å². The highest BCUT2D eigenvalue weighted by atomic mass is 32.2. The summed E-state index contributed by atoms with van der Waals surface area (Å²) in [5.74, 6) is 2.19. The van der Waals surface area contributed by atoms with E-state index in [9.17, 15) is 13.2 Å². The van der Waals surface area contributed by atoms with Gasteiger partial charge in [-0.2, -0.15) is 0 Å². The lowest BCUT2D eigenvalue weighted by Gasteiger charge is -2.05. The normalized spacial score (nSPS) is 10.7. The average molecular weight is 280 g/mol. The lowest BCUT2D eigenvalue weighted by Crippen LogP contribution is -2.24. The minimum absolute atomic E-state index is 0.0764. The Morgan fingerprint density at radius 3 is 2.74 bits per heavy atom. The van der Waals surface area contributed by atoms with Gasteiger partial charge in [0.25, 0.3) is 5.91 Å². The number of amides is 1. The molecule has 0 aromatic heterocycles. The van der Waals surface area contributed by atoms with Gasteiger partial charge >= 0.3 is 0 Å². The molecule has 0 heterocycles. The van der Waals surface area contributed by atoms with E-state index in [0.29, 0.717) is 13.0 Å². The number of rotatable bonds is 6. The number of hydrogen-bond donors (Lipinski definition) is 2. The third-order valence-electron chi connectivity index (χ3n) is 2.46. The molecule has 0 radical (unpaired) electrons. The fourth-order valence-corrected chi connectivity index (χ4v) is 2.03. The van der Waals surface area contributed by atoms with Crippen LogP contribution in [0.3, 0.4) is 0 Å². The van der Waals surface area contributed by atoms with Crippen LogP contribution in [0.25, 0.3) is 0 Å². The van der Waals surface area contributed by atoms with Crippen molar-refractivity contribution in [1.29, 1.82) is 0 Å². The van der Waals surface area contributed by atoms with Crippen LogP contribution in [0, 0.1) is 12.3 Å². The molecule has 0 saturated carbocycles. The van der Waals surface area contributed by atoms with Crippen LogP contribution in [0.5, 0.6) is 0 Å². The average Bonchev–Trinajstić information content (AvgIpc) is 2.37. The smallest absolute Gasteiger partial charge is 0.251 e. The van der Waals surface area contributed by atoms with E-state index in [-0.39, 0.29) is 16.4 Å². The van der Waals surface area contributed by atoms with E-state index in [4.69, 9.17) is 11.6 Å². The Labute approximate surface area is 113 Å². The monoisotopic (exact) mass is 280 g/mol. The van der Waals surface area contributed by atoms with Crippen LogP contribution >= 0.6 is 0 Å². The molecule has 0 spiro atoms. The van der Waals surface area contributed by atoms with Gasteiger partial charge in [0.2, 0.25) is 10.0 Å². The van der Waals surface area contributed by atoms with Crippen LogP contribution in [0.2, 0.25) is 0 Å². The van der Waals surface area contributed by atoms with Crippen molar-refractivity contribution >= 4 is 15.9 Å². The first kappa shape index (κ1) is 15.2. The summed E-state index contributed by atoms with van der Waals surface area (Å²) in [5, 5.41) is 7.70. The fraction of sp³-hybridized carbons (Fsp3) is 0.308. The van der Waals surface area contributed by atoms with Crippen LogP contribution in [0.15, 0.2) is 29.2 Å². The Hall–Kier alpha value is -1.84. The first-order chi connectivity index (χ1) is 8.95. The van der Waals surface area contributed by atoms with Crippen molar-refractivity contribution in [3.8, 4) is 12.3 Å². The van der Waals surface area contributed by atoms with Crippen molar-refractivity contribution in [2.24, 2.45) is 5.14 Å². The van der Waals surface area contributed by atoms with Crippen molar-refractivity contribution < 1.29 is 13.2 Å². The molecule has 6 heteroatoms. The number of carbonyl (C=O) groups is 1. The number of nitrogens with two attached hydrogens (primary N) is 1. The highest BCUT2D eigenvalue weighted by Gasteiger charge is 2.11. The summed E-state index contributed by atoms with van der Waals surface area (Å²) in [4.78, 5) is 11.7. The van der Waals surface area contributed by atoms with Crippen molar-refractivity contribution in [2.45, 2.75) is 24.2 Å². The summed E-state index contributed by atoms with van der Waals surface area (Å²) in [6, 6.07) is 5.61. The van der Waals surface area contributed by atoms with E-state index in [2.05, 4.69) is 11.2 Å². The molecule has 1 aromatic rings. The predicted molar refractivity (Wildman–Crippen MR) is 72.8 cm³/mol. The van der Waals surface area contributed by atoms with Crippen LogP contribution in [-0.2, 0) is 10.0 Å². The zero-order valence-corrected chi connectivity index (χ0v) is 11.2. The summed E-state index contributed by atoms with van der Waals surface area (Å²) in [6.07, 6.45) is 7.41.